The Labute approximate surface area is 100 Å². The maximum Gasteiger partial charge on any atom is 0.252 e. The molecule has 0 amide bonds. The molecule has 1 aromatic heterocycles. The van der Waals surface area contributed by atoms with Crippen LogP contribution in [0.15, 0.2) is 17.2 Å². The van der Waals surface area contributed by atoms with E-state index in [4.69, 9.17) is 0 Å². The maximum absolute atomic E-state index is 11.0. The summed E-state index contributed by atoms with van der Waals surface area (Å²) in [6, 6.07) is 1.48. The summed E-state index contributed by atoms with van der Waals surface area (Å²) in [5.41, 5.74) is -0.113. The number of rotatable bonds is 8. The molecule has 0 bridgehead atoms. The van der Waals surface area contributed by atoms with E-state index in [0.717, 1.165) is 13.0 Å². The van der Waals surface area contributed by atoms with Gasteiger partial charge in [0, 0.05) is 12.6 Å². The van der Waals surface area contributed by atoms with Crippen LogP contribution >= 0.6 is 11.8 Å². The third kappa shape index (κ3) is 5.80. The number of hydrogen-bond acceptors (Lipinski definition) is 4. The van der Waals surface area contributed by atoms with Crippen LogP contribution in [-0.2, 0) is 0 Å². The Hall–Kier alpha value is -0.970. The molecule has 5 heteroatoms. The van der Waals surface area contributed by atoms with Crippen molar-refractivity contribution in [2.24, 2.45) is 0 Å². The second-order valence-corrected chi connectivity index (χ2v) is 4.62. The van der Waals surface area contributed by atoms with Gasteiger partial charge in [0.2, 0.25) is 0 Å². The first-order chi connectivity index (χ1) is 7.83. The predicted molar refractivity (Wildman–Crippen MR) is 70.2 cm³/mol. The highest BCUT2D eigenvalue weighted by Gasteiger charge is 1.94. The Morgan fingerprint density at radius 2 is 2.19 bits per heavy atom. The number of H-pyrrole nitrogens is 1. The first-order valence-corrected chi connectivity index (χ1v) is 7.00. The lowest BCUT2D eigenvalue weighted by molar-refractivity contribution is 0.688. The highest BCUT2D eigenvalue weighted by Crippen LogP contribution is 2.05. The Kier molecular flexibility index (Phi) is 6.72. The number of aromatic nitrogens is 2. The van der Waals surface area contributed by atoms with Crippen LogP contribution in [0.2, 0.25) is 0 Å². The van der Waals surface area contributed by atoms with Crippen molar-refractivity contribution in [3.05, 3.63) is 22.7 Å². The molecule has 0 saturated carbocycles. The molecule has 0 unspecified atom stereocenters. The molecule has 0 fully saturated rings. The molecule has 1 aromatic rings. The van der Waals surface area contributed by atoms with Crippen LogP contribution in [0.1, 0.15) is 25.7 Å². The largest absolute Gasteiger partial charge is 0.370 e. The molecule has 0 aliphatic rings. The SMILES string of the molecule is CSCCCCCCNc1cc(=O)[nH]cn1. The Balaban J connectivity index is 2.05. The van der Waals surface area contributed by atoms with E-state index in [1.807, 2.05) is 11.8 Å². The van der Waals surface area contributed by atoms with E-state index >= 15 is 0 Å². The zero-order chi connectivity index (χ0) is 11.6. The molecular formula is C11H19N3OS. The molecule has 0 aliphatic carbocycles. The minimum Gasteiger partial charge on any atom is -0.370 e. The quantitative estimate of drug-likeness (QED) is 0.684. The zero-order valence-corrected chi connectivity index (χ0v) is 10.5. The highest BCUT2D eigenvalue weighted by molar-refractivity contribution is 7.98. The van der Waals surface area contributed by atoms with Gasteiger partial charge >= 0.3 is 0 Å². The smallest absolute Gasteiger partial charge is 0.252 e. The summed E-state index contributed by atoms with van der Waals surface area (Å²) < 4.78 is 0. The lowest BCUT2D eigenvalue weighted by atomic mass is 10.2. The second-order valence-electron chi connectivity index (χ2n) is 3.63. The summed E-state index contributed by atoms with van der Waals surface area (Å²) >= 11 is 1.90. The number of nitrogens with one attached hydrogen (secondary N) is 2. The first-order valence-electron chi connectivity index (χ1n) is 5.60. The van der Waals surface area contributed by atoms with E-state index < -0.39 is 0 Å². The molecule has 16 heavy (non-hydrogen) atoms. The molecule has 1 heterocycles. The van der Waals surface area contributed by atoms with E-state index in [2.05, 4.69) is 21.5 Å². The molecule has 0 saturated heterocycles. The number of aromatic amines is 1. The van der Waals surface area contributed by atoms with Gasteiger partial charge in [-0.2, -0.15) is 11.8 Å². The van der Waals surface area contributed by atoms with Crippen molar-refractivity contribution in [2.45, 2.75) is 25.7 Å². The van der Waals surface area contributed by atoms with E-state index in [-0.39, 0.29) is 5.56 Å². The van der Waals surface area contributed by atoms with Gasteiger partial charge in [-0.25, -0.2) is 4.98 Å². The van der Waals surface area contributed by atoms with Crippen LogP contribution in [0.25, 0.3) is 0 Å². The molecule has 90 valence electrons. The molecule has 1 rings (SSSR count). The van der Waals surface area contributed by atoms with E-state index in [1.54, 1.807) is 0 Å². The first kappa shape index (κ1) is 13.1. The van der Waals surface area contributed by atoms with Gasteiger partial charge in [-0.15, -0.1) is 0 Å². The van der Waals surface area contributed by atoms with Crippen LogP contribution in [0.4, 0.5) is 5.82 Å². The van der Waals surface area contributed by atoms with Crippen LogP contribution in [0.5, 0.6) is 0 Å². The van der Waals surface area contributed by atoms with Crippen molar-refractivity contribution in [1.82, 2.24) is 9.97 Å². The minimum atomic E-state index is -0.113. The van der Waals surface area contributed by atoms with Gasteiger partial charge in [0.1, 0.15) is 5.82 Å². The van der Waals surface area contributed by atoms with Crippen LogP contribution in [0.3, 0.4) is 0 Å². The van der Waals surface area contributed by atoms with Gasteiger partial charge in [-0.3, -0.25) is 4.79 Å². The standard InChI is InChI=1S/C11H19N3OS/c1-16-7-5-3-2-4-6-12-10-8-11(15)14-9-13-10/h8-9H,2-7H2,1H3,(H2,12,13,14,15). The Morgan fingerprint density at radius 1 is 1.38 bits per heavy atom. The van der Waals surface area contributed by atoms with Gasteiger partial charge < -0.3 is 10.3 Å². The zero-order valence-electron chi connectivity index (χ0n) is 9.66. The molecule has 0 aliphatic heterocycles. The third-order valence-electron chi connectivity index (χ3n) is 2.26. The van der Waals surface area contributed by atoms with Crippen molar-refractivity contribution in [1.29, 1.82) is 0 Å². The molecule has 0 spiro atoms. The van der Waals surface area contributed by atoms with Gasteiger partial charge in [0.15, 0.2) is 0 Å². The summed E-state index contributed by atoms with van der Waals surface area (Å²) in [5.74, 6) is 1.91. The summed E-state index contributed by atoms with van der Waals surface area (Å²) in [5, 5.41) is 3.14. The van der Waals surface area contributed by atoms with Crippen LogP contribution in [0, 0.1) is 0 Å². The number of nitrogens with zero attached hydrogens (tertiary/aromatic N) is 1. The number of unbranched alkanes of at least 4 members (excludes halogenated alkanes) is 3. The average Bonchev–Trinajstić information content (AvgIpc) is 2.28. The lowest BCUT2D eigenvalue weighted by Gasteiger charge is -2.04. The van der Waals surface area contributed by atoms with E-state index in [9.17, 15) is 4.79 Å². The number of hydrogen-bond donors (Lipinski definition) is 2. The van der Waals surface area contributed by atoms with E-state index in [1.165, 1.54) is 37.4 Å². The molecule has 4 nitrogen and oxygen atoms in total. The van der Waals surface area contributed by atoms with Gasteiger partial charge in [0.25, 0.3) is 5.56 Å². The summed E-state index contributed by atoms with van der Waals surface area (Å²) in [6.45, 7) is 0.885. The van der Waals surface area contributed by atoms with Crippen molar-refractivity contribution in [3.8, 4) is 0 Å². The fraction of sp³-hybridized carbons (Fsp3) is 0.636. The number of anilines is 1. The Bertz CT molecular complexity index is 340. The fourth-order valence-corrected chi connectivity index (χ4v) is 1.90. The maximum atomic E-state index is 11.0. The van der Waals surface area contributed by atoms with Crippen molar-refractivity contribution >= 4 is 17.6 Å². The monoisotopic (exact) mass is 241 g/mol. The second kappa shape index (κ2) is 8.21. The molecule has 0 aromatic carbocycles. The topological polar surface area (TPSA) is 57.8 Å². The van der Waals surface area contributed by atoms with Crippen LogP contribution in [-0.4, -0.2) is 28.5 Å². The molecule has 0 atom stereocenters. The fourth-order valence-electron chi connectivity index (χ4n) is 1.41. The third-order valence-corrected chi connectivity index (χ3v) is 2.96. The van der Waals surface area contributed by atoms with Gasteiger partial charge in [-0.05, 0) is 24.9 Å². The molecule has 0 radical (unpaired) electrons. The van der Waals surface area contributed by atoms with E-state index in [0.29, 0.717) is 5.82 Å². The van der Waals surface area contributed by atoms with Crippen molar-refractivity contribution < 1.29 is 0 Å². The predicted octanol–water partition coefficient (Wildman–Crippen LogP) is 2.11. The normalized spacial score (nSPS) is 10.3. The summed E-state index contributed by atoms with van der Waals surface area (Å²) in [6.07, 6.45) is 8.50. The van der Waals surface area contributed by atoms with Gasteiger partial charge in [0.05, 0.1) is 6.33 Å². The molecular weight excluding hydrogens is 222 g/mol. The van der Waals surface area contributed by atoms with Crippen LogP contribution < -0.4 is 10.9 Å². The summed E-state index contributed by atoms with van der Waals surface area (Å²) in [4.78, 5) is 17.5. The minimum absolute atomic E-state index is 0.113. The lowest BCUT2D eigenvalue weighted by Crippen LogP contribution is -2.09. The van der Waals surface area contributed by atoms with Gasteiger partial charge in [-0.1, -0.05) is 12.8 Å². The average molecular weight is 241 g/mol. The number of thioether (sulfide) groups is 1. The highest BCUT2D eigenvalue weighted by atomic mass is 32.2. The van der Waals surface area contributed by atoms with Crippen molar-refractivity contribution in [2.75, 3.05) is 23.9 Å². The Morgan fingerprint density at radius 3 is 2.94 bits per heavy atom. The molecule has 2 N–H and O–H groups in total. The summed E-state index contributed by atoms with van der Waals surface area (Å²) in [7, 11) is 0. The van der Waals surface area contributed by atoms with Crippen molar-refractivity contribution in [3.63, 3.8) is 0 Å².